The van der Waals surface area contributed by atoms with Crippen LogP contribution in [-0.4, -0.2) is 57.2 Å². The summed E-state index contributed by atoms with van der Waals surface area (Å²) in [6.07, 6.45) is 1.87. The number of aromatic hydroxyl groups is 1. The van der Waals surface area contributed by atoms with Crippen LogP contribution in [0.15, 0.2) is 59.9 Å². The number of aromatic nitrogens is 2. The largest absolute Gasteiger partial charge is 0.507 e. The molecule has 0 saturated carbocycles. The number of ether oxygens (including phenoxy) is 1. The van der Waals surface area contributed by atoms with Gasteiger partial charge in [0.05, 0.1) is 23.0 Å². The number of rotatable bonds is 4. The number of para-hydroxylation sites is 1. The summed E-state index contributed by atoms with van der Waals surface area (Å²) in [4.78, 5) is 35.1. The molecular formula is C32H30F2N4O4. The molecule has 2 unspecified atom stereocenters. The van der Waals surface area contributed by atoms with Crippen molar-refractivity contribution in [3.8, 4) is 28.4 Å². The van der Waals surface area contributed by atoms with E-state index in [-0.39, 0.29) is 36.0 Å². The van der Waals surface area contributed by atoms with Gasteiger partial charge in [-0.05, 0) is 55.7 Å². The predicted molar refractivity (Wildman–Crippen MR) is 156 cm³/mol. The first-order valence-electron chi connectivity index (χ1n) is 13.8. The van der Waals surface area contributed by atoms with Crippen molar-refractivity contribution in [2.75, 3.05) is 24.6 Å². The first kappa shape index (κ1) is 27.4. The standard InChI is InChI=1S/C32H30F2N4O4/c1-5-19-10-7-9-17(3)28(19)38-31-21(13-23(34)27(35-31)26-22(33)11-8-12-24(26)39)29-30(32(38)41)42-16-20-15-36(25(40)6-2)18(4)14-37(20)29/h6-13,18,20,39H,2,5,14-16H2,1,3-4H3. The second-order valence-electron chi connectivity index (χ2n) is 10.7. The summed E-state index contributed by atoms with van der Waals surface area (Å²) in [5.74, 6) is -2.34. The number of hydrogen-bond donors (Lipinski definition) is 1. The van der Waals surface area contributed by atoms with Crippen LogP contribution in [0.25, 0.3) is 28.0 Å². The quantitative estimate of drug-likeness (QED) is 0.351. The first-order chi connectivity index (χ1) is 20.2. The van der Waals surface area contributed by atoms with Gasteiger partial charge >= 0.3 is 5.56 Å². The van der Waals surface area contributed by atoms with Crippen molar-refractivity contribution in [1.29, 1.82) is 0 Å². The molecule has 1 saturated heterocycles. The highest BCUT2D eigenvalue weighted by atomic mass is 19.1. The van der Waals surface area contributed by atoms with Gasteiger partial charge in [-0.15, -0.1) is 0 Å². The number of pyridine rings is 2. The molecule has 216 valence electrons. The number of phenolic OH excluding ortho intramolecular Hbond substituents is 1. The Morgan fingerprint density at radius 2 is 1.93 bits per heavy atom. The molecule has 2 aliphatic heterocycles. The summed E-state index contributed by atoms with van der Waals surface area (Å²) < 4.78 is 38.4. The van der Waals surface area contributed by atoms with E-state index in [1.165, 1.54) is 28.8 Å². The number of phenols is 1. The van der Waals surface area contributed by atoms with Crippen LogP contribution in [0.4, 0.5) is 14.5 Å². The molecule has 0 spiro atoms. The third-order valence-corrected chi connectivity index (χ3v) is 8.20. The maximum absolute atomic E-state index is 16.0. The second-order valence-corrected chi connectivity index (χ2v) is 10.7. The Hall–Kier alpha value is -4.73. The maximum atomic E-state index is 16.0. The van der Waals surface area contributed by atoms with Gasteiger partial charge in [0.15, 0.2) is 11.5 Å². The number of carbonyl (C=O) groups is 1. The van der Waals surface area contributed by atoms with Crippen molar-refractivity contribution < 1.29 is 23.4 Å². The lowest BCUT2D eigenvalue weighted by molar-refractivity contribution is -0.129. The van der Waals surface area contributed by atoms with Crippen molar-refractivity contribution in [1.82, 2.24) is 14.5 Å². The van der Waals surface area contributed by atoms with Crippen molar-refractivity contribution in [2.24, 2.45) is 0 Å². The van der Waals surface area contributed by atoms with E-state index >= 15 is 4.39 Å². The number of hydrogen-bond acceptors (Lipinski definition) is 6. The van der Waals surface area contributed by atoms with Gasteiger partial charge in [-0.3, -0.25) is 14.2 Å². The third kappa shape index (κ3) is 4.12. The maximum Gasteiger partial charge on any atom is 0.301 e. The fourth-order valence-corrected chi connectivity index (χ4v) is 6.17. The topological polar surface area (TPSA) is 87.9 Å². The number of carbonyl (C=O) groups excluding carboxylic acids is 1. The summed E-state index contributed by atoms with van der Waals surface area (Å²) in [5, 5.41) is 10.8. The molecule has 1 amide bonds. The molecule has 4 heterocycles. The van der Waals surface area contributed by atoms with Crippen molar-refractivity contribution in [2.45, 2.75) is 39.3 Å². The lowest BCUT2D eigenvalue weighted by atomic mass is 10.0. The molecule has 2 aliphatic rings. The summed E-state index contributed by atoms with van der Waals surface area (Å²) in [6.45, 7) is 10.2. The minimum absolute atomic E-state index is 0.0578. The fourth-order valence-electron chi connectivity index (χ4n) is 6.17. The molecule has 42 heavy (non-hydrogen) atoms. The molecule has 2 aromatic carbocycles. The summed E-state index contributed by atoms with van der Waals surface area (Å²) >= 11 is 0. The molecule has 4 aromatic rings. The van der Waals surface area contributed by atoms with Crippen LogP contribution in [0.5, 0.6) is 11.5 Å². The van der Waals surface area contributed by atoms with E-state index in [1.54, 1.807) is 4.90 Å². The number of halogens is 2. The molecule has 1 fully saturated rings. The number of benzene rings is 2. The van der Waals surface area contributed by atoms with Crippen LogP contribution in [0.1, 0.15) is 25.0 Å². The average molecular weight is 573 g/mol. The number of aryl methyl sites for hydroxylation is 2. The minimum Gasteiger partial charge on any atom is -0.507 e. The van der Waals surface area contributed by atoms with E-state index in [9.17, 15) is 19.1 Å². The molecule has 0 aliphatic carbocycles. The van der Waals surface area contributed by atoms with E-state index in [4.69, 9.17) is 4.74 Å². The fraction of sp³-hybridized carbons (Fsp3) is 0.281. The first-order valence-corrected chi connectivity index (χ1v) is 13.8. The van der Waals surface area contributed by atoms with Gasteiger partial charge in [0, 0.05) is 24.5 Å². The van der Waals surface area contributed by atoms with Gasteiger partial charge in [-0.2, -0.15) is 0 Å². The average Bonchev–Trinajstić information content (AvgIpc) is 2.97. The zero-order valence-electron chi connectivity index (χ0n) is 23.5. The normalized spacial score (nSPS) is 17.9. The van der Waals surface area contributed by atoms with Crippen LogP contribution in [0, 0.1) is 18.6 Å². The van der Waals surface area contributed by atoms with Crippen LogP contribution in [-0.2, 0) is 11.2 Å². The predicted octanol–water partition coefficient (Wildman–Crippen LogP) is 4.89. The highest BCUT2D eigenvalue weighted by Gasteiger charge is 2.40. The molecule has 6 rings (SSSR count). The van der Waals surface area contributed by atoms with Crippen molar-refractivity contribution in [3.05, 3.63) is 88.2 Å². The summed E-state index contributed by atoms with van der Waals surface area (Å²) in [5.41, 5.74) is 1.41. The Kier molecular flexibility index (Phi) is 6.71. The molecular weight excluding hydrogens is 542 g/mol. The monoisotopic (exact) mass is 572 g/mol. The Bertz CT molecular complexity index is 1820. The molecule has 8 nitrogen and oxygen atoms in total. The van der Waals surface area contributed by atoms with Crippen molar-refractivity contribution >= 4 is 22.6 Å². The lowest BCUT2D eigenvalue weighted by Gasteiger charge is -2.48. The number of amides is 1. The Balaban J connectivity index is 1.69. The Morgan fingerprint density at radius 1 is 1.17 bits per heavy atom. The van der Waals surface area contributed by atoms with E-state index in [0.29, 0.717) is 36.3 Å². The van der Waals surface area contributed by atoms with Gasteiger partial charge in [-0.1, -0.05) is 37.8 Å². The van der Waals surface area contributed by atoms with Crippen molar-refractivity contribution in [3.63, 3.8) is 0 Å². The molecule has 2 atom stereocenters. The van der Waals surface area contributed by atoms with Gasteiger partial charge in [0.25, 0.3) is 0 Å². The van der Waals surface area contributed by atoms with Gasteiger partial charge in [0.1, 0.15) is 23.9 Å². The Morgan fingerprint density at radius 3 is 2.64 bits per heavy atom. The summed E-state index contributed by atoms with van der Waals surface area (Å²) in [6, 6.07) is 10.0. The third-order valence-electron chi connectivity index (χ3n) is 8.20. The molecule has 1 N–H and O–H groups in total. The van der Waals surface area contributed by atoms with Crippen LogP contribution >= 0.6 is 0 Å². The minimum atomic E-state index is -0.869. The molecule has 2 aromatic heterocycles. The van der Waals surface area contributed by atoms with E-state index < -0.39 is 34.2 Å². The zero-order chi connectivity index (χ0) is 29.9. The lowest BCUT2D eigenvalue weighted by Crippen LogP contribution is -2.62. The SMILES string of the molecule is C=CC(=O)N1CC2COc3c(c4cc(F)c(-c5c(O)cccc5F)nc4n(-c4c(C)cccc4CC)c3=O)N2CC1C. The molecule has 0 radical (unpaired) electrons. The van der Waals surface area contributed by atoms with Gasteiger partial charge in [-0.25, -0.2) is 13.8 Å². The summed E-state index contributed by atoms with van der Waals surface area (Å²) in [7, 11) is 0. The Labute approximate surface area is 241 Å². The van der Waals surface area contributed by atoms with E-state index in [2.05, 4.69) is 11.6 Å². The molecule has 0 bridgehead atoms. The second kappa shape index (κ2) is 10.3. The van der Waals surface area contributed by atoms with E-state index in [0.717, 1.165) is 17.2 Å². The van der Waals surface area contributed by atoms with Gasteiger partial charge in [0.2, 0.25) is 11.7 Å². The van der Waals surface area contributed by atoms with Crippen LogP contribution in [0.2, 0.25) is 0 Å². The van der Waals surface area contributed by atoms with Crippen LogP contribution < -0.4 is 15.2 Å². The number of anilines is 1. The highest BCUT2D eigenvalue weighted by molar-refractivity contribution is 5.97. The highest BCUT2D eigenvalue weighted by Crippen LogP contribution is 2.42. The van der Waals surface area contributed by atoms with Crippen LogP contribution in [0.3, 0.4) is 0 Å². The zero-order valence-corrected chi connectivity index (χ0v) is 23.5. The number of piperazine rings is 1. The number of fused-ring (bicyclic) bond motifs is 5. The van der Waals surface area contributed by atoms with Gasteiger partial charge < -0.3 is 19.6 Å². The smallest absolute Gasteiger partial charge is 0.301 e. The molecule has 10 heteroatoms. The van der Waals surface area contributed by atoms with E-state index in [1.807, 2.05) is 43.9 Å². The number of nitrogens with zero attached hydrogens (tertiary/aromatic N) is 4.